The number of carbonyl (C=O) groups excluding carboxylic acids is 1. The topological polar surface area (TPSA) is 89.9 Å². The third-order valence-corrected chi connectivity index (χ3v) is 5.89. The Morgan fingerprint density at radius 2 is 2.16 bits per heavy atom. The fourth-order valence-corrected chi connectivity index (χ4v) is 4.34. The summed E-state index contributed by atoms with van der Waals surface area (Å²) < 4.78 is 7.36. The Morgan fingerprint density at radius 3 is 3.03 bits per heavy atom. The molecule has 0 spiro atoms. The van der Waals surface area contributed by atoms with Gasteiger partial charge in [-0.05, 0) is 25.8 Å². The lowest BCUT2D eigenvalue weighted by molar-refractivity contribution is -0.132. The maximum atomic E-state index is 13.0. The smallest absolute Gasteiger partial charge is 0.224 e. The van der Waals surface area contributed by atoms with Gasteiger partial charge in [0.25, 0.3) is 0 Å². The standard InChI is InChI=1S/C23H24N6O2/c1-16-11-21(31-27-16)19-13-24-15-25-23(19)18-6-4-9-28(14-18)22(30)8-10-29-20-7-3-2-5-17(20)12-26-29/h2-3,5,7,11-13,15,18H,4,6,8-10,14H2,1H3/t18-/m1/s1. The molecule has 0 unspecified atom stereocenters. The molecule has 1 aliphatic heterocycles. The highest BCUT2D eigenvalue weighted by Gasteiger charge is 2.28. The van der Waals surface area contributed by atoms with Gasteiger partial charge in [0.2, 0.25) is 5.91 Å². The zero-order valence-corrected chi connectivity index (χ0v) is 17.4. The molecule has 0 aliphatic carbocycles. The molecule has 8 nitrogen and oxygen atoms in total. The number of carbonyl (C=O) groups is 1. The summed E-state index contributed by atoms with van der Waals surface area (Å²) in [6, 6.07) is 9.95. The molecule has 4 aromatic rings. The van der Waals surface area contributed by atoms with Gasteiger partial charge in [-0.25, -0.2) is 9.97 Å². The summed E-state index contributed by atoms with van der Waals surface area (Å²) in [5.41, 5.74) is 3.64. The summed E-state index contributed by atoms with van der Waals surface area (Å²) in [6.07, 6.45) is 7.52. The fraction of sp³-hybridized carbons (Fsp3) is 0.348. The minimum Gasteiger partial charge on any atom is -0.356 e. The van der Waals surface area contributed by atoms with E-state index in [9.17, 15) is 4.79 Å². The molecule has 1 atom stereocenters. The second-order valence-electron chi connectivity index (χ2n) is 8.01. The molecule has 1 fully saturated rings. The van der Waals surface area contributed by atoms with Gasteiger partial charge < -0.3 is 9.42 Å². The number of rotatable bonds is 5. The van der Waals surface area contributed by atoms with Crippen LogP contribution < -0.4 is 0 Å². The predicted octanol–water partition coefficient (Wildman–Crippen LogP) is 3.59. The maximum absolute atomic E-state index is 13.0. The number of likely N-dealkylation sites (tertiary alicyclic amines) is 1. The number of aromatic nitrogens is 5. The van der Waals surface area contributed by atoms with Crippen molar-refractivity contribution in [2.75, 3.05) is 13.1 Å². The Hall–Kier alpha value is -3.55. The SMILES string of the molecule is Cc1cc(-c2cncnc2[C@@H]2CCCN(C(=O)CCn3ncc4ccccc43)C2)on1. The van der Waals surface area contributed by atoms with Crippen molar-refractivity contribution in [2.24, 2.45) is 0 Å². The molecular weight excluding hydrogens is 392 g/mol. The first-order chi connectivity index (χ1) is 15.2. The van der Waals surface area contributed by atoms with Crippen molar-refractivity contribution in [2.45, 2.75) is 38.6 Å². The molecular formula is C23H24N6O2. The van der Waals surface area contributed by atoms with E-state index < -0.39 is 0 Å². The minimum atomic E-state index is 0.145. The van der Waals surface area contributed by atoms with Crippen molar-refractivity contribution in [1.29, 1.82) is 0 Å². The molecule has 0 saturated carbocycles. The molecule has 31 heavy (non-hydrogen) atoms. The van der Waals surface area contributed by atoms with Crippen LogP contribution in [0.1, 0.15) is 36.6 Å². The van der Waals surface area contributed by atoms with Crippen LogP contribution in [-0.4, -0.2) is 48.8 Å². The number of benzene rings is 1. The number of fused-ring (bicyclic) bond motifs is 1. The number of amides is 1. The number of hydrogen-bond donors (Lipinski definition) is 0. The van der Waals surface area contributed by atoms with Gasteiger partial charge in [0.1, 0.15) is 6.33 Å². The second-order valence-corrected chi connectivity index (χ2v) is 8.01. The maximum Gasteiger partial charge on any atom is 0.224 e. The Balaban J connectivity index is 1.29. The third-order valence-electron chi connectivity index (χ3n) is 5.89. The Morgan fingerprint density at radius 1 is 1.26 bits per heavy atom. The average Bonchev–Trinajstić information content (AvgIpc) is 3.44. The molecule has 0 bridgehead atoms. The van der Waals surface area contributed by atoms with E-state index in [-0.39, 0.29) is 11.8 Å². The first-order valence-electron chi connectivity index (χ1n) is 10.6. The lowest BCUT2D eigenvalue weighted by atomic mass is 9.91. The zero-order chi connectivity index (χ0) is 21.2. The van der Waals surface area contributed by atoms with Crippen LogP contribution in [0.25, 0.3) is 22.2 Å². The van der Waals surface area contributed by atoms with E-state index in [1.807, 2.05) is 53.0 Å². The van der Waals surface area contributed by atoms with Gasteiger partial charge >= 0.3 is 0 Å². The van der Waals surface area contributed by atoms with Gasteiger partial charge in [-0.15, -0.1) is 0 Å². The Kier molecular flexibility index (Phi) is 5.19. The van der Waals surface area contributed by atoms with Gasteiger partial charge in [-0.3, -0.25) is 9.48 Å². The number of nitrogens with zero attached hydrogens (tertiary/aromatic N) is 6. The lowest BCUT2D eigenvalue weighted by Crippen LogP contribution is -2.39. The van der Waals surface area contributed by atoms with Crippen LogP contribution in [0.15, 0.2) is 53.6 Å². The van der Waals surface area contributed by atoms with Crippen molar-refractivity contribution < 1.29 is 9.32 Å². The fourth-order valence-electron chi connectivity index (χ4n) is 4.34. The molecule has 1 saturated heterocycles. The number of hydrogen-bond acceptors (Lipinski definition) is 6. The molecule has 1 amide bonds. The van der Waals surface area contributed by atoms with E-state index in [1.165, 1.54) is 0 Å². The predicted molar refractivity (Wildman–Crippen MR) is 115 cm³/mol. The van der Waals surface area contributed by atoms with Gasteiger partial charge in [-0.2, -0.15) is 5.10 Å². The van der Waals surface area contributed by atoms with E-state index in [2.05, 4.69) is 20.2 Å². The Bertz CT molecular complexity index is 1210. The van der Waals surface area contributed by atoms with Crippen molar-refractivity contribution in [1.82, 2.24) is 29.8 Å². The first-order valence-corrected chi connectivity index (χ1v) is 10.6. The highest BCUT2D eigenvalue weighted by Crippen LogP contribution is 2.33. The summed E-state index contributed by atoms with van der Waals surface area (Å²) in [4.78, 5) is 23.7. The van der Waals surface area contributed by atoms with Gasteiger partial charge in [0, 0.05) is 43.1 Å². The van der Waals surface area contributed by atoms with Crippen LogP contribution in [-0.2, 0) is 11.3 Å². The van der Waals surface area contributed by atoms with Gasteiger partial charge in [-0.1, -0.05) is 23.4 Å². The van der Waals surface area contributed by atoms with Crippen molar-refractivity contribution in [3.63, 3.8) is 0 Å². The van der Waals surface area contributed by atoms with Crippen molar-refractivity contribution in [3.05, 3.63) is 60.4 Å². The minimum absolute atomic E-state index is 0.145. The quantitative estimate of drug-likeness (QED) is 0.494. The molecule has 1 aromatic carbocycles. The lowest BCUT2D eigenvalue weighted by Gasteiger charge is -2.33. The van der Waals surface area contributed by atoms with Crippen LogP contribution in [0.2, 0.25) is 0 Å². The second kappa shape index (κ2) is 8.29. The molecule has 0 N–H and O–H groups in total. The van der Waals surface area contributed by atoms with E-state index >= 15 is 0 Å². The number of aryl methyl sites for hydroxylation is 2. The van der Waals surface area contributed by atoms with E-state index in [4.69, 9.17) is 4.52 Å². The molecule has 158 valence electrons. The van der Waals surface area contributed by atoms with Gasteiger partial charge in [0.05, 0.1) is 35.2 Å². The number of piperidine rings is 1. The Labute approximate surface area is 179 Å². The molecule has 3 aromatic heterocycles. The highest BCUT2D eigenvalue weighted by molar-refractivity contribution is 5.79. The molecule has 1 aliphatic rings. The first kappa shape index (κ1) is 19.4. The molecule has 5 rings (SSSR count). The van der Waals surface area contributed by atoms with Crippen molar-refractivity contribution >= 4 is 16.8 Å². The summed E-state index contributed by atoms with van der Waals surface area (Å²) in [6.45, 7) is 3.89. The van der Waals surface area contributed by atoms with Crippen LogP contribution >= 0.6 is 0 Å². The van der Waals surface area contributed by atoms with Gasteiger partial charge in [0.15, 0.2) is 5.76 Å². The molecule has 4 heterocycles. The highest BCUT2D eigenvalue weighted by atomic mass is 16.5. The van der Waals surface area contributed by atoms with Crippen LogP contribution in [0.5, 0.6) is 0 Å². The summed E-state index contributed by atoms with van der Waals surface area (Å²) >= 11 is 0. The summed E-state index contributed by atoms with van der Waals surface area (Å²) in [5.74, 6) is 0.962. The van der Waals surface area contributed by atoms with Crippen molar-refractivity contribution in [3.8, 4) is 11.3 Å². The number of para-hydroxylation sites is 1. The molecule has 8 heteroatoms. The largest absolute Gasteiger partial charge is 0.356 e. The van der Waals surface area contributed by atoms with Crippen LogP contribution in [0.4, 0.5) is 0 Å². The van der Waals surface area contributed by atoms with Crippen LogP contribution in [0, 0.1) is 6.92 Å². The molecule has 0 radical (unpaired) electrons. The zero-order valence-electron chi connectivity index (χ0n) is 17.4. The average molecular weight is 416 g/mol. The van der Waals surface area contributed by atoms with E-state index in [0.717, 1.165) is 47.2 Å². The normalized spacial score (nSPS) is 16.7. The summed E-state index contributed by atoms with van der Waals surface area (Å²) in [5, 5.41) is 9.51. The summed E-state index contributed by atoms with van der Waals surface area (Å²) in [7, 11) is 0. The van der Waals surface area contributed by atoms with E-state index in [1.54, 1.807) is 12.5 Å². The third kappa shape index (κ3) is 3.93. The van der Waals surface area contributed by atoms with E-state index in [0.29, 0.717) is 25.3 Å². The van der Waals surface area contributed by atoms with Crippen LogP contribution in [0.3, 0.4) is 0 Å². The monoisotopic (exact) mass is 416 g/mol.